The number of sulfonamides is 1. The smallest absolute Gasteiger partial charge is 0.243 e. The summed E-state index contributed by atoms with van der Waals surface area (Å²) in [5, 5.41) is 0.701. The van der Waals surface area contributed by atoms with E-state index >= 15 is 0 Å². The summed E-state index contributed by atoms with van der Waals surface area (Å²) in [6, 6.07) is 5.85. The molecule has 0 bridgehead atoms. The molecule has 1 fully saturated rings. The average Bonchev–Trinajstić information content (AvgIpc) is 2.67. The van der Waals surface area contributed by atoms with Gasteiger partial charge in [0.2, 0.25) is 10.0 Å². The first-order valence-corrected chi connectivity index (χ1v) is 11.5. The molecule has 6 heteroatoms. The fourth-order valence-electron chi connectivity index (χ4n) is 4.07. The van der Waals surface area contributed by atoms with Crippen molar-refractivity contribution in [1.29, 1.82) is 0 Å². The SMILES string of the molecule is Cc1ccc(Cl)cc1N1CCN(S(=O)(=O)c2c(C)c(C)c(C)c(C)c2C)CC1. The molecular weight excluding hydrogens is 392 g/mol. The topological polar surface area (TPSA) is 40.6 Å². The molecule has 0 spiro atoms. The summed E-state index contributed by atoms with van der Waals surface area (Å²) >= 11 is 6.16. The highest BCUT2D eigenvalue weighted by atomic mass is 35.5. The molecule has 0 N–H and O–H groups in total. The quantitative estimate of drug-likeness (QED) is 0.722. The lowest BCUT2D eigenvalue weighted by atomic mass is 9.95. The maximum Gasteiger partial charge on any atom is 0.243 e. The first kappa shape index (κ1) is 21.2. The van der Waals surface area contributed by atoms with Crippen molar-refractivity contribution in [1.82, 2.24) is 4.31 Å². The van der Waals surface area contributed by atoms with Crippen LogP contribution < -0.4 is 4.90 Å². The Bertz CT molecular complexity index is 994. The Balaban J connectivity index is 1.90. The van der Waals surface area contributed by atoms with Gasteiger partial charge in [-0.2, -0.15) is 4.31 Å². The van der Waals surface area contributed by atoms with Crippen molar-refractivity contribution in [2.24, 2.45) is 0 Å². The summed E-state index contributed by atoms with van der Waals surface area (Å²) in [5.41, 5.74) is 7.28. The van der Waals surface area contributed by atoms with Crippen molar-refractivity contribution >= 4 is 27.3 Å². The van der Waals surface area contributed by atoms with Crippen LogP contribution in [-0.2, 0) is 10.0 Å². The van der Waals surface area contributed by atoms with E-state index in [-0.39, 0.29) is 0 Å². The number of nitrogens with zero attached hydrogens (tertiary/aromatic N) is 2. The average molecular weight is 421 g/mol. The molecule has 0 atom stereocenters. The van der Waals surface area contributed by atoms with E-state index in [4.69, 9.17) is 11.6 Å². The van der Waals surface area contributed by atoms with E-state index in [2.05, 4.69) is 18.7 Å². The summed E-state index contributed by atoms with van der Waals surface area (Å²) in [4.78, 5) is 2.71. The Labute approximate surface area is 174 Å². The van der Waals surface area contributed by atoms with Crippen molar-refractivity contribution in [2.45, 2.75) is 46.4 Å². The Morgan fingerprint density at radius 2 is 1.29 bits per heavy atom. The molecule has 0 unspecified atom stereocenters. The first-order valence-electron chi connectivity index (χ1n) is 9.64. The number of anilines is 1. The fraction of sp³-hybridized carbons (Fsp3) is 0.455. The lowest BCUT2D eigenvalue weighted by Crippen LogP contribution is -2.49. The third-order valence-electron chi connectivity index (χ3n) is 6.28. The van der Waals surface area contributed by atoms with Gasteiger partial charge >= 0.3 is 0 Å². The van der Waals surface area contributed by atoms with Crippen molar-refractivity contribution in [3.8, 4) is 0 Å². The van der Waals surface area contributed by atoms with Gasteiger partial charge in [0.1, 0.15) is 0 Å². The van der Waals surface area contributed by atoms with Crippen LogP contribution in [0.4, 0.5) is 5.69 Å². The molecule has 1 aliphatic rings. The van der Waals surface area contributed by atoms with Gasteiger partial charge in [-0.25, -0.2) is 8.42 Å². The van der Waals surface area contributed by atoms with Gasteiger partial charge in [-0.1, -0.05) is 17.7 Å². The van der Waals surface area contributed by atoms with Crippen molar-refractivity contribution in [3.05, 3.63) is 56.6 Å². The molecule has 0 radical (unpaired) electrons. The minimum Gasteiger partial charge on any atom is -0.369 e. The monoisotopic (exact) mass is 420 g/mol. The molecule has 4 nitrogen and oxygen atoms in total. The van der Waals surface area contributed by atoms with Gasteiger partial charge in [0.15, 0.2) is 0 Å². The summed E-state index contributed by atoms with van der Waals surface area (Å²) < 4.78 is 28.6. The second-order valence-electron chi connectivity index (χ2n) is 7.78. The molecule has 0 aromatic heterocycles. The normalized spacial score (nSPS) is 15.9. The van der Waals surface area contributed by atoms with Crippen molar-refractivity contribution < 1.29 is 8.42 Å². The molecule has 152 valence electrons. The van der Waals surface area contributed by atoms with Crippen LogP contribution in [0.25, 0.3) is 0 Å². The highest BCUT2D eigenvalue weighted by Gasteiger charge is 2.32. The van der Waals surface area contributed by atoms with E-state index in [1.54, 1.807) is 4.31 Å². The van der Waals surface area contributed by atoms with Crippen molar-refractivity contribution in [3.63, 3.8) is 0 Å². The Kier molecular flexibility index (Phi) is 5.81. The maximum atomic E-state index is 13.5. The van der Waals surface area contributed by atoms with Crippen molar-refractivity contribution in [2.75, 3.05) is 31.1 Å². The number of halogens is 1. The minimum absolute atomic E-state index is 0.471. The third-order valence-corrected chi connectivity index (χ3v) is 8.69. The number of piperazine rings is 1. The van der Waals surface area contributed by atoms with Gasteiger partial charge in [-0.15, -0.1) is 0 Å². The zero-order valence-corrected chi connectivity index (χ0v) is 19.1. The largest absolute Gasteiger partial charge is 0.369 e. The molecule has 0 saturated carbocycles. The number of benzene rings is 2. The van der Waals surface area contributed by atoms with E-state index in [9.17, 15) is 8.42 Å². The van der Waals surface area contributed by atoms with Crippen LogP contribution in [0.2, 0.25) is 5.02 Å². The molecule has 1 aliphatic heterocycles. The van der Waals surface area contributed by atoms with E-state index in [0.29, 0.717) is 36.1 Å². The van der Waals surface area contributed by atoms with Gasteiger partial charge in [0, 0.05) is 36.9 Å². The number of hydrogen-bond donors (Lipinski definition) is 0. The predicted molar refractivity (Wildman–Crippen MR) is 117 cm³/mol. The van der Waals surface area contributed by atoms with E-state index in [1.807, 2.05) is 45.9 Å². The Morgan fingerprint density at radius 1 is 0.786 bits per heavy atom. The van der Waals surface area contributed by atoms with Crippen LogP contribution in [0.5, 0.6) is 0 Å². The third kappa shape index (κ3) is 3.56. The van der Waals surface area contributed by atoms with Gasteiger partial charge in [0.05, 0.1) is 4.90 Å². The van der Waals surface area contributed by atoms with Gasteiger partial charge in [-0.05, 0) is 87.1 Å². The van der Waals surface area contributed by atoms with Crippen LogP contribution in [-0.4, -0.2) is 38.9 Å². The number of rotatable bonds is 3. The van der Waals surface area contributed by atoms with Gasteiger partial charge < -0.3 is 4.90 Å². The van der Waals surface area contributed by atoms with E-state index < -0.39 is 10.0 Å². The second kappa shape index (κ2) is 7.69. The molecule has 0 aliphatic carbocycles. The Hall–Kier alpha value is -1.56. The lowest BCUT2D eigenvalue weighted by molar-refractivity contribution is 0.384. The summed E-state index contributed by atoms with van der Waals surface area (Å²) in [7, 11) is -3.53. The minimum atomic E-state index is -3.53. The maximum absolute atomic E-state index is 13.5. The molecule has 1 saturated heterocycles. The molecule has 3 rings (SSSR count). The van der Waals surface area contributed by atoms with Crippen LogP contribution >= 0.6 is 11.6 Å². The van der Waals surface area contributed by atoms with Crippen LogP contribution in [0.3, 0.4) is 0 Å². The number of hydrogen-bond acceptors (Lipinski definition) is 3. The summed E-state index contributed by atoms with van der Waals surface area (Å²) in [5.74, 6) is 0. The molecule has 0 amide bonds. The van der Waals surface area contributed by atoms with Gasteiger partial charge in [-0.3, -0.25) is 0 Å². The zero-order chi connectivity index (χ0) is 20.8. The van der Waals surface area contributed by atoms with Crippen LogP contribution in [0.15, 0.2) is 23.1 Å². The molecule has 2 aromatic rings. The molecule has 1 heterocycles. The molecular formula is C22H29ClN2O2S. The summed E-state index contributed by atoms with van der Waals surface area (Å²) in [6.07, 6.45) is 0. The number of aryl methyl sites for hydroxylation is 1. The fourth-order valence-corrected chi connectivity index (χ4v) is 6.22. The molecule has 28 heavy (non-hydrogen) atoms. The van der Waals surface area contributed by atoms with Gasteiger partial charge in [0.25, 0.3) is 0 Å². The second-order valence-corrected chi connectivity index (χ2v) is 10.1. The first-order chi connectivity index (χ1) is 13.1. The zero-order valence-electron chi connectivity index (χ0n) is 17.6. The Morgan fingerprint density at radius 3 is 1.82 bits per heavy atom. The van der Waals surface area contributed by atoms with Crippen LogP contribution in [0.1, 0.15) is 33.4 Å². The highest BCUT2D eigenvalue weighted by Crippen LogP contribution is 2.32. The highest BCUT2D eigenvalue weighted by molar-refractivity contribution is 7.89. The standard InChI is InChI=1S/C22H29ClN2O2S/c1-14-7-8-20(23)13-21(14)24-9-11-25(12-10-24)28(26,27)22-18(5)16(3)15(2)17(4)19(22)6/h7-8,13H,9-12H2,1-6H3. The summed E-state index contributed by atoms with van der Waals surface area (Å²) in [6.45, 7) is 14.2. The van der Waals surface area contributed by atoms with Crippen LogP contribution in [0, 0.1) is 41.5 Å². The predicted octanol–water partition coefficient (Wildman–Crippen LogP) is 4.70. The molecule has 2 aromatic carbocycles. The van der Waals surface area contributed by atoms with E-state index in [0.717, 1.165) is 33.5 Å². The van der Waals surface area contributed by atoms with E-state index in [1.165, 1.54) is 5.56 Å². The lowest BCUT2D eigenvalue weighted by Gasteiger charge is -2.37.